The lowest BCUT2D eigenvalue weighted by atomic mass is 9.80. The minimum absolute atomic E-state index is 0.0219. The number of halogens is 3. The van der Waals surface area contributed by atoms with Crippen LogP contribution < -0.4 is 10.3 Å². The molecule has 0 bridgehead atoms. The highest BCUT2D eigenvalue weighted by molar-refractivity contribution is 6.42. The molecule has 162 valence electrons. The van der Waals surface area contributed by atoms with Gasteiger partial charge in [-0.2, -0.15) is 4.68 Å². The Hall–Kier alpha value is -1.96. The summed E-state index contributed by atoms with van der Waals surface area (Å²) in [5.74, 6) is 0.166. The third-order valence-electron chi connectivity index (χ3n) is 5.10. The first kappa shape index (κ1) is 22.7. The second-order valence-electron chi connectivity index (χ2n) is 8.27. The van der Waals surface area contributed by atoms with Crippen LogP contribution in [0.1, 0.15) is 33.6 Å². The van der Waals surface area contributed by atoms with E-state index in [1.165, 1.54) is 17.0 Å². The van der Waals surface area contributed by atoms with Crippen LogP contribution in [-0.2, 0) is 0 Å². The summed E-state index contributed by atoms with van der Waals surface area (Å²) in [5.41, 5.74) is -0.284. The van der Waals surface area contributed by atoms with Crippen LogP contribution in [0.25, 0.3) is 5.69 Å². The Labute approximate surface area is 189 Å². The van der Waals surface area contributed by atoms with Crippen LogP contribution in [0, 0.1) is 5.41 Å². The molecule has 2 heterocycles. The molecule has 2 unspecified atom stereocenters. The average Bonchev–Trinajstić information content (AvgIpc) is 2.66. The standard InChI is InChI=1S/C20H22Cl3N3O4/c1-20(2,3)16-9-12(6-7-25(16)19(28)29)30-15-10-17(27)26(24-18(15)23)11-4-5-13(21)14(22)8-11/h4-5,8,10,12,16H,6-7,9H2,1-3H3,(H,28,29). The van der Waals surface area contributed by atoms with Crippen LogP contribution in [0.2, 0.25) is 15.2 Å². The number of hydrogen-bond donors (Lipinski definition) is 1. The molecule has 7 nitrogen and oxygen atoms in total. The Morgan fingerprint density at radius 2 is 1.90 bits per heavy atom. The molecular formula is C20H22Cl3N3O4. The van der Waals surface area contributed by atoms with Crippen molar-refractivity contribution >= 4 is 40.9 Å². The van der Waals surface area contributed by atoms with Gasteiger partial charge in [-0.3, -0.25) is 4.79 Å². The minimum Gasteiger partial charge on any atom is -0.487 e. The van der Waals surface area contributed by atoms with E-state index in [1.807, 2.05) is 20.8 Å². The monoisotopic (exact) mass is 473 g/mol. The second-order valence-corrected chi connectivity index (χ2v) is 9.44. The fraction of sp³-hybridized carbons (Fsp3) is 0.450. The molecule has 2 aromatic rings. The number of carboxylic acid groups (broad SMARTS) is 1. The van der Waals surface area contributed by atoms with E-state index in [2.05, 4.69) is 5.10 Å². The van der Waals surface area contributed by atoms with E-state index >= 15 is 0 Å². The number of rotatable bonds is 3. The Bertz CT molecular complexity index is 1020. The van der Waals surface area contributed by atoms with E-state index in [0.29, 0.717) is 30.1 Å². The summed E-state index contributed by atoms with van der Waals surface area (Å²) in [7, 11) is 0. The van der Waals surface area contributed by atoms with Gasteiger partial charge in [0, 0.05) is 25.4 Å². The molecule has 1 N–H and O–H groups in total. The molecule has 1 aliphatic heterocycles. The predicted octanol–water partition coefficient (Wildman–Crippen LogP) is 5.13. The van der Waals surface area contributed by atoms with Crippen LogP contribution >= 0.6 is 34.8 Å². The van der Waals surface area contributed by atoms with Gasteiger partial charge in [0.25, 0.3) is 5.56 Å². The first-order chi connectivity index (χ1) is 14.0. The topological polar surface area (TPSA) is 84.7 Å². The summed E-state index contributed by atoms with van der Waals surface area (Å²) >= 11 is 18.2. The quantitative estimate of drug-likeness (QED) is 0.667. The normalized spacial score (nSPS) is 19.6. The number of aromatic nitrogens is 2. The summed E-state index contributed by atoms with van der Waals surface area (Å²) in [6.07, 6.45) is -0.255. The lowest BCUT2D eigenvalue weighted by molar-refractivity contribution is 0.0128. The van der Waals surface area contributed by atoms with Crippen molar-refractivity contribution in [3.05, 3.63) is 49.8 Å². The third-order valence-corrected chi connectivity index (χ3v) is 6.10. The number of amides is 1. The lowest BCUT2D eigenvalue weighted by Gasteiger charge is -2.44. The van der Waals surface area contributed by atoms with E-state index in [-0.39, 0.29) is 33.5 Å². The number of benzene rings is 1. The SMILES string of the molecule is CC(C)(C)C1CC(Oc2cc(=O)n(-c3ccc(Cl)c(Cl)c3)nc2Cl)CCN1C(=O)O. The number of carbonyl (C=O) groups is 1. The number of likely N-dealkylation sites (tertiary alicyclic amines) is 1. The van der Waals surface area contributed by atoms with Crippen molar-refractivity contribution in [2.75, 3.05) is 6.54 Å². The van der Waals surface area contributed by atoms with Crippen LogP contribution in [0.5, 0.6) is 5.75 Å². The zero-order chi connectivity index (χ0) is 22.2. The van der Waals surface area contributed by atoms with Gasteiger partial charge >= 0.3 is 6.09 Å². The van der Waals surface area contributed by atoms with Crippen LogP contribution in [0.3, 0.4) is 0 Å². The maximum atomic E-state index is 12.6. The first-order valence-electron chi connectivity index (χ1n) is 9.39. The number of ether oxygens (including phenoxy) is 1. The Balaban J connectivity index is 1.84. The number of hydrogen-bond acceptors (Lipinski definition) is 4. The smallest absolute Gasteiger partial charge is 0.407 e. The minimum atomic E-state index is -0.947. The van der Waals surface area contributed by atoms with Crippen LogP contribution in [0.4, 0.5) is 4.79 Å². The Morgan fingerprint density at radius 3 is 2.50 bits per heavy atom. The predicted molar refractivity (Wildman–Crippen MR) is 116 cm³/mol. The Kier molecular flexibility index (Phi) is 6.55. The molecule has 1 aliphatic rings. The largest absolute Gasteiger partial charge is 0.487 e. The van der Waals surface area contributed by atoms with Gasteiger partial charge in [-0.1, -0.05) is 55.6 Å². The maximum Gasteiger partial charge on any atom is 0.407 e. The molecule has 0 saturated carbocycles. The van der Waals surface area contributed by atoms with Gasteiger partial charge in [-0.25, -0.2) is 4.79 Å². The molecule has 3 rings (SSSR count). The van der Waals surface area contributed by atoms with Gasteiger partial charge in [0.1, 0.15) is 6.10 Å². The molecule has 10 heteroatoms. The summed E-state index contributed by atoms with van der Waals surface area (Å²) in [5, 5.41) is 14.3. The molecule has 30 heavy (non-hydrogen) atoms. The molecule has 1 fully saturated rings. The lowest BCUT2D eigenvalue weighted by Crippen LogP contribution is -2.53. The van der Waals surface area contributed by atoms with E-state index in [1.54, 1.807) is 12.1 Å². The van der Waals surface area contributed by atoms with Crippen molar-refractivity contribution in [1.82, 2.24) is 14.7 Å². The fourth-order valence-corrected chi connectivity index (χ4v) is 4.04. The molecular weight excluding hydrogens is 453 g/mol. The van der Waals surface area contributed by atoms with Crippen LogP contribution in [0.15, 0.2) is 29.1 Å². The molecule has 1 saturated heterocycles. The second kappa shape index (κ2) is 8.65. The highest BCUT2D eigenvalue weighted by atomic mass is 35.5. The third kappa shape index (κ3) is 4.85. The summed E-state index contributed by atoms with van der Waals surface area (Å²) < 4.78 is 7.09. The van der Waals surface area contributed by atoms with Crippen molar-refractivity contribution < 1.29 is 14.6 Å². The molecule has 1 amide bonds. The van der Waals surface area contributed by atoms with Gasteiger partial charge in [0.15, 0.2) is 10.9 Å². The summed E-state index contributed by atoms with van der Waals surface area (Å²) in [4.78, 5) is 25.6. The molecule has 1 aromatic heterocycles. The van der Waals surface area contributed by atoms with Crippen molar-refractivity contribution in [3.63, 3.8) is 0 Å². The molecule has 2 atom stereocenters. The zero-order valence-corrected chi connectivity index (χ0v) is 19.0. The van der Waals surface area contributed by atoms with Crippen molar-refractivity contribution in [3.8, 4) is 11.4 Å². The van der Waals surface area contributed by atoms with E-state index < -0.39 is 11.7 Å². The van der Waals surface area contributed by atoms with Crippen molar-refractivity contribution in [1.29, 1.82) is 0 Å². The van der Waals surface area contributed by atoms with Crippen molar-refractivity contribution in [2.45, 2.75) is 45.8 Å². The van der Waals surface area contributed by atoms with Gasteiger partial charge in [-0.15, -0.1) is 5.10 Å². The van der Waals surface area contributed by atoms with Gasteiger partial charge in [-0.05, 0) is 23.6 Å². The molecule has 1 aromatic carbocycles. The molecule has 0 spiro atoms. The van der Waals surface area contributed by atoms with E-state index in [0.717, 1.165) is 4.68 Å². The van der Waals surface area contributed by atoms with Gasteiger partial charge in [0.2, 0.25) is 0 Å². The summed E-state index contributed by atoms with van der Waals surface area (Å²) in [6, 6.07) is 5.74. The van der Waals surface area contributed by atoms with E-state index in [4.69, 9.17) is 39.5 Å². The molecule has 0 aliphatic carbocycles. The zero-order valence-electron chi connectivity index (χ0n) is 16.7. The number of nitrogens with zero attached hydrogens (tertiary/aromatic N) is 3. The molecule has 0 radical (unpaired) electrons. The summed E-state index contributed by atoms with van der Waals surface area (Å²) in [6.45, 7) is 6.31. The highest BCUT2D eigenvalue weighted by Gasteiger charge is 2.39. The van der Waals surface area contributed by atoms with E-state index in [9.17, 15) is 14.7 Å². The average molecular weight is 475 g/mol. The van der Waals surface area contributed by atoms with Crippen LogP contribution in [-0.4, -0.2) is 44.6 Å². The first-order valence-corrected chi connectivity index (χ1v) is 10.5. The highest BCUT2D eigenvalue weighted by Crippen LogP contribution is 2.34. The van der Waals surface area contributed by atoms with Gasteiger partial charge < -0.3 is 14.7 Å². The maximum absolute atomic E-state index is 12.6. The fourth-order valence-electron chi connectivity index (χ4n) is 3.57. The number of piperidine rings is 1. The Morgan fingerprint density at radius 1 is 1.20 bits per heavy atom. The van der Waals surface area contributed by atoms with Crippen molar-refractivity contribution in [2.24, 2.45) is 5.41 Å². The van der Waals surface area contributed by atoms with Gasteiger partial charge in [0.05, 0.1) is 21.8 Å².